The predicted molar refractivity (Wildman–Crippen MR) is 153 cm³/mol. The molecule has 0 spiro atoms. The van der Waals surface area contributed by atoms with E-state index in [0.29, 0.717) is 33.9 Å². The molecular formula is C26H26N6O6S2. The number of hydrogen-bond acceptors (Lipinski definition) is 10. The minimum Gasteiger partial charge on any atom is -0.399 e. The fraction of sp³-hybridized carbons (Fsp3) is 0.154. The van der Waals surface area contributed by atoms with Crippen molar-refractivity contribution < 1.29 is 25.9 Å². The maximum atomic E-state index is 12.4. The smallest absolute Gasteiger partial charge is 0.295 e. The lowest BCUT2D eigenvalue weighted by Crippen LogP contribution is -2.03. The Morgan fingerprint density at radius 3 is 1.20 bits per heavy atom. The zero-order valence-corrected chi connectivity index (χ0v) is 23.5. The SMILES string of the molecule is Cc1cc(N=Nc2cc(S(=O)(=O)O)c3cc(N=Nc4cc(C)c(N)cc4C)cc(S(=O)(=O)O)c3c2)c(C)cc1N. The number of nitrogens with two attached hydrogens (primary N) is 2. The first kappa shape index (κ1) is 28.8. The Morgan fingerprint density at radius 1 is 0.525 bits per heavy atom. The molecule has 0 amide bonds. The van der Waals surface area contributed by atoms with Crippen molar-refractivity contribution in [3.05, 3.63) is 70.8 Å². The van der Waals surface area contributed by atoms with E-state index in [2.05, 4.69) is 20.5 Å². The van der Waals surface area contributed by atoms with E-state index in [0.717, 1.165) is 23.3 Å². The van der Waals surface area contributed by atoms with Crippen LogP contribution in [0.1, 0.15) is 22.3 Å². The summed E-state index contributed by atoms with van der Waals surface area (Å²) in [5, 5.41) is 15.9. The van der Waals surface area contributed by atoms with E-state index >= 15 is 0 Å². The molecule has 4 aromatic rings. The van der Waals surface area contributed by atoms with Gasteiger partial charge >= 0.3 is 0 Å². The number of anilines is 2. The van der Waals surface area contributed by atoms with Crippen molar-refractivity contribution in [1.29, 1.82) is 0 Å². The third kappa shape index (κ3) is 5.99. The van der Waals surface area contributed by atoms with Crippen molar-refractivity contribution in [2.45, 2.75) is 37.5 Å². The largest absolute Gasteiger partial charge is 0.399 e. The van der Waals surface area contributed by atoms with Gasteiger partial charge in [-0.25, -0.2) is 0 Å². The van der Waals surface area contributed by atoms with Crippen molar-refractivity contribution in [3.63, 3.8) is 0 Å². The summed E-state index contributed by atoms with van der Waals surface area (Å²) in [6.45, 7) is 7.08. The van der Waals surface area contributed by atoms with Crippen LogP contribution < -0.4 is 11.5 Å². The van der Waals surface area contributed by atoms with Gasteiger partial charge in [-0.3, -0.25) is 9.11 Å². The average Bonchev–Trinajstić information content (AvgIpc) is 2.84. The van der Waals surface area contributed by atoms with Crippen molar-refractivity contribution in [1.82, 2.24) is 0 Å². The molecular weight excluding hydrogens is 556 g/mol. The highest BCUT2D eigenvalue weighted by atomic mass is 32.2. The van der Waals surface area contributed by atoms with E-state index in [-0.39, 0.29) is 22.1 Å². The highest BCUT2D eigenvalue weighted by Crippen LogP contribution is 2.38. The van der Waals surface area contributed by atoms with Crippen LogP contribution in [0.2, 0.25) is 0 Å². The van der Waals surface area contributed by atoms with E-state index in [1.165, 1.54) is 12.1 Å². The Balaban J connectivity index is 1.94. The van der Waals surface area contributed by atoms with Crippen LogP contribution in [0.4, 0.5) is 34.1 Å². The molecule has 40 heavy (non-hydrogen) atoms. The molecule has 0 bridgehead atoms. The summed E-state index contributed by atoms with van der Waals surface area (Å²) in [7, 11) is -9.80. The van der Waals surface area contributed by atoms with E-state index in [4.69, 9.17) is 11.5 Å². The van der Waals surface area contributed by atoms with Crippen LogP contribution in [0.15, 0.2) is 78.8 Å². The Labute approximate surface area is 231 Å². The second-order valence-electron chi connectivity index (χ2n) is 9.32. The van der Waals surface area contributed by atoms with Crippen molar-refractivity contribution in [3.8, 4) is 0 Å². The molecule has 4 rings (SSSR count). The monoisotopic (exact) mass is 582 g/mol. The van der Waals surface area contributed by atoms with E-state index in [9.17, 15) is 25.9 Å². The molecule has 0 fully saturated rings. The number of hydrogen-bond donors (Lipinski definition) is 4. The van der Waals surface area contributed by atoms with Gasteiger partial charge < -0.3 is 11.5 Å². The van der Waals surface area contributed by atoms with Crippen LogP contribution in [0.25, 0.3) is 10.8 Å². The van der Waals surface area contributed by atoms with Crippen LogP contribution in [0, 0.1) is 27.7 Å². The van der Waals surface area contributed by atoms with Crippen LogP contribution >= 0.6 is 0 Å². The molecule has 0 saturated carbocycles. The Hall–Kier alpha value is -4.24. The molecule has 208 valence electrons. The lowest BCUT2D eigenvalue weighted by molar-refractivity contribution is 0.481. The molecule has 14 heteroatoms. The Kier molecular flexibility index (Phi) is 7.47. The molecule has 12 nitrogen and oxygen atoms in total. The summed E-state index contributed by atoms with van der Waals surface area (Å²) in [5.74, 6) is 0. The highest BCUT2D eigenvalue weighted by molar-refractivity contribution is 7.86. The van der Waals surface area contributed by atoms with Gasteiger partial charge in [0, 0.05) is 22.1 Å². The van der Waals surface area contributed by atoms with E-state index in [1.807, 2.05) is 0 Å². The third-order valence-corrected chi connectivity index (χ3v) is 8.02. The molecule has 0 atom stereocenters. The van der Waals surface area contributed by atoms with Crippen molar-refractivity contribution in [2.75, 3.05) is 11.5 Å². The highest BCUT2D eigenvalue weighted by Gasteiger charge is 2.23. The molecule has 0 aliphatic carbocycles. The van der Waals surface area contributed by atoms with Gasteiger partial charge in [-0.1, -0.05) is 0 Å². The van der Waals surface area contributed by atoms with Crippen LogP contribution in [-0.4, -0.2) is 25.9 Å². The topological polar surface area (TPSA) is 210 Å². The molecule has 4 aromatic carbocycles. The number of azo groups is 2. The summed E-state index contributed by atoms with van der Waals surface area (Å²) in [6.07, 6.45) is 0. The Bertz CT molecular complexity index is 1830. The number of nitrogens with zero attached hydrogens (tertiary/aromatic N) is 4. The zero-order chi connectivity index (χ0) is 29.6. The van der Waals surface area contributed by atoms with Gasteiger partial charge in [0.2, 0.25) is 0 Å². The number of aryl methyl sites for hydroxylation is 4. The van der Waals surface area contributed by atoms with Gasteiger partial charge in [-0.2, -0.15) is 37.3 Å². The third-order valence-electron chi connectivity index (χ3n) is 6.23. The predicted octanol–water partition coefficient (Wildman–Crippen LogP) is 6.56. The summed E-state index contributed by atoms with van der Waals surface area (Å²) in [5.41, 5.74) is 16.5. The van der Waals surface area contributed by atoms with E-state index < -0.39 is 30.0 Å². The van der Waals surface area contributed by atoms with Gasteiger partial charge in [0.05, 0.1) is 22.7 Å². The number of nitrogen functional groups attached to an aromatic ring is 2. The van der Waals surface area contributed by atoms with E-state index in [1.54, 1.807) is 52.0 Å². The lowest BCUT2D eigenvalue weighted by atomic mass is 10.1. The van der Waals surface area contributed by atoms with Gasteiger partial charge in [-0.05, 0) is 98.5 Å². The average molecular weight is 583 g/mol. The summed E-state index contributed by atoms with van der Waals surface area (Å²) < 4.78 is 69.5. The summed E-state index contributed by atoms with van der Waals surface area (Å²) in [6, 6.07) is 11.3. The van der Waals surface area contributed by atoms with Crippen LogP contribution in [-0.2, 0) is 20.2 Å². The summed E-state index contributed by atoms with van der Waals surface area (Å²) >= 11 is 0. The molecule has 0 aliphatic rings. The minimum absolute atomic E-state index is 0.0961. The fourth-order valence-corrected chi connectivity index (χ4v) is 5.43. The number of rotatable bonds is 6. The normalized spacial score (nSPS) is 12.7. The molecule has 6 N–H and O–H groups in total. The molecule has 0 unspecified atom stereocenters. The first-order valence-electron chi connectivity index (χ1n) is 11.7. The Morgan fingerprint density at radius 2 is 0.875 bits per heavy atom. The van der Waals surface area contributed by atoms with Crippen molar-refractivity contribution >= 4 is 65.1 Å². The fourth-order valence-electron chi connectivity index (χ4n) is 3.99. The minimum atomic E-state index is -4.90. The molecule has 0 saturated heterocycles. The van der Waals surface area contributed by atoms with Crippen molar-refractivity contribution in [2.24, 2.45) is 20.5 Å². The van der Waals surface area contributed by atoms with Gasteiger partial charge in [0.15, 0.2) is 0 Å². The molecule has 0 aromatic heterocycles. The van der Waals surface area contributed by atoms with Gasteiger partial charge in [-0.15, -0.1) is 0 Å². The van der Waals surface area contributed by atoms with Crippen LogP contribution in [0.3, 0.4) is 0 Å². The first-order valence-corrected chi connectivity index (χ1v) is 14.6. The number of benzene rings is 4. The maximum Gasteiger partial charge on any atom is 0.295 e. The second kappa shape index (κ2) is 10.4. The summed E-state index contributed by atoms with van der Waals surface area (Å²) in [4.78, 5) is -1.32. The maximum absolute atomic E-state index is 12.4. The first-order chi connectivity index (χ1) is 18.5. The molecule has 0 aliphatic heterocycles. The molecule has 0 radical (unpaired) electrons. The van der Waals surface area contributed by atoms with Gasteiger partial charge in [0.25, 0.3) is 20.2 Å². The lowest BCUT2D eigenvalue weighted by Gasteiger charge is -2.10. The molecule has 0 heterocycles. The zero-order valence-electron chi connectivity index (χ0n) is 21.9. The second-order valence-corrected chi connectivity index (χ2v) is 12.1. The number of fused-ring (bicyclic) bond motifs is 1. The van der Waals surface area contributed by atoms with Gasteiger partial charge in [0.1, 0.15) is 9.79 Å². The standard InChI is InChI=1S/C26H26N6O6S2/c1-13-7-23(15(3)5-21(13)27)31-29-17-9-19-20(25(11-17)39(33,34)35)10-18(12-26(19)40(36,37)38)30-32-24-8-14(2)22(28)6-16(24)4/h5-12H,27-28H2,1-4H3,(H,33,34,35)(H,36,37,38). The quantitative estimate of drug-likeness (QED) is 0.111. The van der Waals surface area contributed by atoms with Crippen LogP contribution in [0.5, 0.6) is 0 Å².